The van der Waals surface area contributed by atoms with E-state index in [-0.39, 0.29) is 11.8 Å². The molecule has 1 atom stereocenters. The molecule has 1 unspecified atom stereocenters. The molecule has 4 aromatic rings. The van der Waals surface area contributed by atoms with Crippen LogP contribution in [0, 0.1) is 6.92 Å². The van der Waals surface area contributed by atoms with Gasteiger partial charge in [-0.25, -0.2) is 4.68 Å². The maximum absolute atomic E-state index is 13.7. The molecule has 2 amide bonds. The number of methoxy groups -OCH3 is 2. The minimum Gasteiger partial charge on any atom is -0.497 e. The molecular formula is C30H29N5O4. The monoisotopic (exact) mass is 523 g/mol. The summed E-state index contributed by atoms with van der Waals surface area (Å²) in [7, 11) is 3.17. The van der Waals surface area contributed by atoms with Gasteiger partial charge in [-0.1, -0.05) is 30.3 Å². The van der Waals surface area contributed by atoms with Gasteiger partial charge in [-0.15, -0.1) is 0 Å². The first kappa shape index (κ1) is 25.6. The van der Waals surface area contributed by atoms with E-state index in [0.29, 0.717) is 45.5 Å². The molecule has 39 heavy (non-hydrogen) atoms. The molecule has 9 heteroatoms. The van der Waals surface area contributed by atoms with Gasteiger partial charge in [0.25, 0.3) is 11.8 Å². The SMILES string of the molecule is COc1ccc(NC(=O)C2=C(C)Nc3c(C(=O)Nc4cccc(C)c4)cnn3C2c2ccccc2OC)cc1. The maximum atomic E-state index is 13.7. The number of allylic oxidation sites excluding steroid dienone is 1. The van der Waals surface area contributed by atoms with E-state index in [1.54, 1.807) is 43.2 Å². The lowest BCUT2D eigenvalue weighted by molar-refractivity contribution is -0.113. The van der Waals surface area contributed by atoms with Crippen LogP contribution in [-0.2, 0) is 4.79 Å². The standard InChI is InChI=1S/C30H29N5O4/c1-18-8-7-9-21(16-18)34-29(36)24-17-31-35-27(23-10-5-6-11-25(23)39-4)26(19(2)32-28(24)35)30(37)33-20-12-14-22(38-3)15-13-20/h5-17,27,32H,1-4H3,(H,33,37)(H,34,36). The van der Waals surface area contributed by atoms with E-state index in [1.807, 2.05) is 62.4 Å². The number of anilines is 3. The summed E-state index contributed by atoms with van der Waals surface area (Å²) in [6, 6.07) is 21.5. The normalized spacial score (nSPS) is 14.2. The van der Waals surface area contributed by atoms with E-state index in [1.165, 1.54) is 6.20 Å². The number of nitrogens with zero attached hydrogens (tertiary/aromatic N) is 2. The second kappa shape index (κ2) is 10.7. The average molecular weight is 524 g/mol. The number of ether oxygens (including phenoxy) is 2. The summed E-state index contributed by atoms with van der Waals surface area (Å²) in [5, 5.41) is 13.7. The Morgan fingerprint density at radius 1 is 0.872 bits per heavy atom. The summed E-state index contributed by atoms with van der Waals surface area (Å²) < 4.78 is 12.5. The number of rotatable bonds is 7. The predicted molar refractivity (Wildman–Crippen MR) is 150 cm³/mol. The number of benzene rings is 3. The first-order valence-corrected chi connectivity index (χ1v) is 12.4. The Kier molecular flexibility index (Phi) is 7.05. The number of nitrogens with one attached hydrogen (secondary N) is 3. The number of aromatic nitrogens is 2. The molecule has 1 aromatic heterocycles. The molecule has 1 aliphatic heterocycles. The van der Waals surface area contributed by atoms with Crippen LogP contribution in [0.1, 0.15) is 34.5 Å². The van der Waals surface area contributed by atoms with Crippen molar-refractivity contribution < 1.29 is 19.1 Å². The van der Waals surface area contributed by atoms with Crippen LogP contribution in [-0.4, -0.2) is 35.8 Å². The Bertz CT molecular complexity index is 1570. The van der Waals surface area contributed by atoms with Crippen molar-refractivity contribution in [1.29, 1.82) is 0 Å². The molecule has 9 nitrogen and oxygen atoms in total. The third kappa shape index (κ3) is 5.06. The Hall–Kier alpha value is -5.05. The van der Waals surface area contributed by atoms with Crippen LogP contribution in [0.4, 0.5) is 17.2 Å². The van der Waals surface area contributed by atoms with Gasteiger partial charge in [0.05, 0.1) is 26.0 Å². The molecule has 0 saturated carbocycles. The van der Waals surface area contributed by atoms with Crippen LogP contribution in [0.3, 0.4) is 0 Å². The Morgan fingerprint density at radius 3 is 2.33 bits per heavy atom. The minimum absolute atomic E-state index is 0.312. The van der Waals surface area contributed by atoms with Gasteiger partial charge in [0.15, 0.2) is 0 Å². The summed E-state index contributed by atoms with van der Waals surface area (Å²) in [5.41, 5.74) is 4.45. The van der Waals surface area contributed by atoms with E-state index >= 15 is 0 Å². The molecule has 0 spiro atoms. The highest BCUT2D eigenvalue weighted by Crippen LogP contribution is 2.41. The number of fused-ring (bicyclic) bond motifs is 1. The first-order valence-electron chi connectivity index (χ1n) is 12.4. The van der Waals surface area contributed by atoms with Crippen LogP contribution in [0.2, 0.25) is 0 Å². The van der Waals surface area contributed by atoms with Gasteiger partial charge in [-0.2, -0.15) is 5.10 Å². The van der Waals surface area contributed by atoms with Gasteiger partial charge in [0.1, 0.15) is 28.9 Å². The van der Waals surface area contributed by atoms with Crippen LogP contribution in [0.5, 0.6) is 11.5 Å². The van der Waals surface area contributed by atoms with Crippen molar-refractivity contribution in [3.8, 4) is 11.5 Å². The lowest BCUT2D eigenvalue weighted by Crippen LogP contribution is -2.32. The third-order valence-corrected chi connectivity index (χ3v) is 6.57. The van der Waals surface area contributed by atoms with Gasteiger partial charge >= 0.3 is 0 Å². The van der Waals surface area contributed by atoms with Gasteiger partial charge < -0.3 is 25.4 Å². The lowest BCUT2D eigenvalue weighted by atomic mass is 9.93. The average Bonchev–Trinajstić information content (AvgIpc) is 3.36. The molecule has 5 rings (SSSR count). The molecule has 0 fully saturated rings. The highest BCUT2D eigenvalue weighted by molar-refractivity contribution is 6.09. The molecule has 0 aliphatic carbocycles. The van der Waals surface area contributed by atoms with Crippen molar-refractivity contribution in [3.63, 3.8) is 0 Å². The van der Waals surface area contributed by atoms with Crippen molar-refractivity contribution in [2.75, 3.05) is 30.2 Å². The fourth-order valence-corrected chi connectivity index (χ4v) is 4.69. The van der Waals surface area contributed by atoms with Crippen molar-refractivity contribution in [2.45, 2.75) is 19.9 Å². The van der Waals surface area contributed by atoms with Gasteiger partial charge in [-0.05, 0) is 61.9 Å². The fourth-order valence-electron chi connectivity index (χ4n) is 4.69. The van der Waals surface area contributed by atoms with Crippen LogP contribution in [0.15, 0.2) is 90.3 Å². The van der Waals surface area contributed by atoms with Crippen molar-refractivity contribution in [2.24, 2.45) is 0 Å². The summed E-state index contributed by atoms with van der Waals surface area (Å²) in [4.78, 5) is 27.0. The third-order valence-electron chi connectivity index (χ3n) is 6.57. The zero-order chi connectivity index (χ0) is 27.5. The molecule has 3 N–H and O–H groups in total. The molecule has 0 bridgehead atoms. The van der Waals surface area contributed by atoms with Gasteiger partial charge in [-0.3, -0.25) is 9.59 Å². The van der Waals surface area contributed by atoms with E-state index in [0.717, 1.165) is 11.1 Å². The number of aryl methyl sites for hydroxylation is 1. The zero-order valence-electron chi connectivity index (χ0n) is 22.1. The van der Waals surface area contributed by atoms with Crippen molar-refractivity contribution in [1.82, 2.24) is 9.78 Å². The van der Waals surface area contributed by atoms with E-state index in [2.05, 4.69) is 21.0 Å². The maximum Gasteiger partial charge on any atom is 0.261 e. The highest BCUT2D eigenvalue weighted by atomic mass is 16.5. The second-order valence-corrected chi connectivity index (χ2v) is 9.17. The van der Waals surface area contributed by atoms with Crippen LogP contribution in [0.25, 0.3) is 0 Å². The Balaban J connectivity index is 1.55. The molecule has 198 valence electrons. The number of amides is 2. The van der Waals surface area contributed by atoms with E-state index < -0.39 is 6.04 Å². The molecular weight excluding hydrogens is 494 g/mol. The molecule has 0 saturated heterocycles. The second-order valence-electron chi connectivity index (χ2n) is 9.17. The van der Waals surface area contributed by atoms with Crippen molar-refractivity contribution >= 4 is 29.0 Å². The molecule has 2 heterocycles. The number of para-hydroxylation sites is 1. The summed E-state index contributed by atoms with van der Waals surface area (Å²) in [5.74, 6) is 1.14. The molecule has 3 aromatic carbocycles. The summed E-state index contributed by atoms with van der Waals surface area (Å²) in [6.45, 7) is 3.77. The smallest absolute Gasteiger partial charge is 0.261 e. The van der Waals surface area contributed by atoms with E-state index in [9.17, 15) is 9.59 Å². The summed E-state index contributed by atoms with van der Waals surface area (Å²) in [6.07, 6.45) is 1.51. The van der Waals surface area contributed by atoms with Crippen molar-refractivity contribution in [3.05, 3.63) is 107 Å². The topological polar surface area (TPSA) is 107 Å². The zero-order valence-corrected chi connectivity index (χ0v) is 22.1. The largest absolute Gasteiger partial charge is 0.497 e. The lowest BCUT2D eigenvalue weighted by Gasteiger charge is -2.31. The number of carbonyl (C=O) groups excluding carboxylic acids is 2. The van der Waals surface area contributed by atoms with Gasteiger partial charge in [0, 0.05) is 22.6 Å². The number of carbonyl (C=O) groups is 2. The van der Waals surface area contributed by atoms with Gasteiger partial charge in [0.2, 0.25) is 0 Å². The predicted octanol–water partition coefficient (Wildman–Crippen LogP) is 5.39. The number of hydrogen-bond acceptors (Lipinski definition) is 6. The van der Waals surface area contributed by atoms with Crippen LogP contribution < -0.4 is 25.4 Å². The van der Waals surface area contributed by atoms with Crippen LogP contribution >= 0.6 is 0 Å². The number of hydrogen-bond donors (Lipinski definition) is 3. The molecule has 1 aliphatic rings. The quantitative estimate of drug-likeness (QED) is 0.300. The fraction of sp³-hybridized carbons (Fsp3) is 0.167. The first-order chi connectivity index (χ1) is 18.9. The summed E-state index contributed by atoms with van der Waals surface area (Å²) >= 11 is 0. The Labute approximate surface area is 226 Å². The van der Waals surface area contributed by atoms with E-state index in [4.69, 9.17) is 9.47 Å². The molecule has 0 radical (unpaired) electrons. The highest BCUT2D eigenvalue weighted by Gasteiger charge is 2.36. The Morgan fingerprint density at radius 2 is 1.62 bits per heavy atom. The minimum atomic E-state index is -0.656.